The zero-order valence-corrected chi connectivity index (χ0v) is 30.2. The number of nitrogens with zero attached hydrogens (tertiary/aromatic N) is 5. The van der Waals surface area contributed by atoms with Crippen LogP contribution in [0, 0.1) is 0 Å². The molecule has 49 heavy (non-hydrogen) atoms. The number of nitrogens with one attached hydrogen (secondary N) is 2. The number of hydrogen-bond acceptors (Lipinski definition) is 8. The summed E-state index contributed by atoms with van der Waals surface area (Å²) in [5.74, 6) is 0. The number of aromatic nitrogens is 1. The van der Waals surface area contributed by atoms with Gasteiger partial charge in [-0.05, 0) is 58.9 Å². The SMILES string of the molecule is CN/C([S-])=N/N=C(/C(=N/N=C(\[S-])NCCOC[P+](c1ccccc1)(c1ccccc1)c1ccccc1)c1ccccc1)c1ccncc1.[Cu+2]. The molecule has 0 aliphatic rings. The summed E-state index contributed by atoms with van der Waals surface area (Å²) in [6.07, 6.45) is 3.89. The molecule has 2 N–H and O–H groups in total. The standard InChI is InChI=1S/C37H36N7OPS2.Cu/c1-38-36(47)43-41-35(30-22-24-39-25-23-30)34(29-14-6-2-7-15-29)42-44-37(48)40-26-27-45-28-46(31-16-8-3-9-17-31,32-18-10-4-11-19-32)33-20-12-5-13-21-33;/h2-25H,26-28H2,1H3,(H3-,38,39,40,41,42,43,44,47,48);/q;+2/p-1. The predicted octanol–water partition coefficient (Wildman–Crippen LogP) is 4.77. The van der Waals surface area contributed by atoms with Crippen LogP contribution in [0.15, 0.2) is 166 Å². The maximum atomic E-state index is 6.46. The molecule has 1 heterocycles. The third kappa shape index (κ3) is 10.1. The first-order valence-corrected chi connectivity index (χ1v) is 18.1. The first kappa shape index (κ1) is 37.5. The van der Waals surface area contributed by atoms with Crippen LogP contribution >= 0.6 is 7.26 Å². The summed E-state index contributed by atoms with van der Waals surface area (Å²) < 4.78 is 6.46. The second kappa shape index (κ2) is 19.6. The van der Waals surface area contributed by atoms with Crippen LogP contribution < -0.4 is 26.5 Å². The van der Waals surface area contributed by atoms with Crippen molar-refractivity contribution in [2.24, 2.45) is 20.4 Å². The van der Waals surface area contributed by atoms with E-state index in [9.17, 15) is 0 Å². The van der Waals surface area contributed by atoms with Crippen LogP contribution in [0.2, 0.25) is 0 Å². The number of amidine groups is 2. The van der Waals surface area contributed by atoms with E-state index in [-0.39, 0.29) is 27.4 Å². The maximum absolute atomic E-state index is 6.46. The first-order valence-electron chi connectivity index (χ1n) is 15.3. The predicted molar refractivity (Wildman–Crippen MR) is 206 cm³/mol. The zero-order valence-electron chi connectivity index (χ0n) is 26.7. The van der Waals surface area contributed by atoms with Crippen LogP contribution in [0.5, 0.6) is 0 Å². The first-order chi connectivity index (χ1) is 23.6. The van der Waals surface area contributed by atoms with Gasteiger partial charge in [-0.15, -0.1) is 10.2 Å². The van der Waals surface area contributed by atoms with Crippen LogP contribution in [0.3, 0.4) is 0 Å². The Hall–Kier alpha value is -4.34. The number of benzene rings is 4. The summed E-state index contributed by atoms with van der Waals surface area (Å²) in [6.45, 7) is 0.872. The molecule has 0 fully saturated rings. The summed E-state index contributed by atoms with van der Waals surface area (Å²) in [4.78, 5) is 4.13. The van der Waals surface area contributed by atoms with E-state index < -0.39 is 7.26 Å². The van der Waals surface area contributed by atoms with Crippen molar-refractivity contribution in [1.29, 1.82) is 0 Å². The zero-order chi connectivity index (χ0) is 33.4. The van der Waals surface area contributed by atoms with E-state index >= 15 is 0 Å². The minimum atomic E-state index is -2.10. The molecule has 0 amide bonds. The Morgan fingerprint density at radius 3 is 1.51 bits per heavy atom. The molecule has 1 aromatic heterocycles. The normalized spacial score (nSPS) is 12.6. The van der Waals surface area contributed by atoms with Gasteiger partial charge in [0.1, 0.15) is 34.6 Å². The molecule has 0 unspecified atom stereocenters. The van der Waals surface area contributed by atoms with Crippen molar-refractivity contribution in [3.63, 3.8) is 0 Å². The van der Waals surface area contributed by atoms with Gasteiger partial charge >= 0.3 is 17.1 Å². The summed E-state index contributed by atoms with van der Waals surface area (Å²) >= 11 is 10.8. The summed E-state index contributed by atoms with van der Waals surface area (Å²) in [7, 11) is -0.412. The molecule has 251 valence electrons. The largest absolute Gasteiger partial charge is 2.00 e. The van der Waals surface area contributed by atoms with Crippen molar-refractivity contribution in [3.8, 4) is 0 Å². The Balaban J connectivity index is 0.00000541. The molecule has 0 saturated carbocycles. The van der Waals surface area contributed by atoms with Crippen LogP contribution in [0.1, 0.15) is 11.1 Å². The summed E-state index contributed by atoms with van der Waals surface area (Å²) in [5.41, 5.74) is 2.49. The van der Waals surface area contributed by atoms with Crippen molar-refractivity contribution < 1.29 is 21.8 Å². The minimum Gasteiger partial charge on any atom is -0.741 e. The number of ether oxygens (including phenoxy) is 1. The van der Waals surface area contributed by atoms with Gasteiger partial charge in [-0.25, -0.2) is 0 Å². The smallest absolute Gasteiger partial charge is 0.741 e. The van der Waals surface area contributed by atoms with E-state index in [0.29, 0.717) is 30.9 Å². The third-order valence-electron chi connectivity index (χ3n) is 7.32. The van der Waals surface area contributed by atoms with E-state index in [1.54, 1.807) is 19.4 Å². The van der Waals surface area contributed by atoms with Crippen molar-refractivity contribution >= 4 is 70.2 Å². The molecular formula is C37H35CuN7OPS2+. The fourth-order valence-corrected chi connectivity index (χ4v) is 8.99. The van der Waals surface area contributed by atoms with Gasteiger partial charge in [0.2, 0.25) is 0 Å². The minimum absolute atomic E-state index is 0. The van der Waals surface area contributed by atoms with Crippen LogP contribution in [0.25, 0.3) is 0 Å². The molecule has 12 heteroatoms. The van der Waals surface area contributed by atoms with Crippen molar-refractivity contribution in [2.45, 2.75) is 0 Å². The molecule has 0 aliphatic carbocycles. The van der Waals surface area contributed by atoms with Crippen LogP contribution in [0.4, 0.5) is 0 Å². The van der Waals surface area contributed by atoms with Gasteiger partial charge in [0.05, 0.1) is 6.61 Å². The number of rotatable bonds is 13. The van der Waals surface area contributed by atoms with E-state index in [2.05, 4.69) is 109 Å². The van der Waals surface area contributed by atoms with Gasteiger partial charge in [-0.3, -0.25) is 4.98 Å². The van der Waals surface area contributed by atoms with E-state index in [1.807, 2.05) is 60.7 Å². The van der Waals surface area contributed by atoms with E-state index in [4.69, 9.17) is 30.0 Å². The van der Waals surface area contributed by atoms with Gasteiger partial charge < -0.3 is 40.6 Å². The molecule has 0 saturated heterocycles. The monoisotopic (exact) mass is 751 g/mol. The van der Waals surface area contributed by atoms with E-state index in [1.165, 1.54) is 15.9 Å². The Morgan fingerprint density at radius 2 is 1.04 bits per heavy atom. The van der Waals surface area contributed by atoms with Gasteiger partial charge in [0.25, 0.3) is 0 Å². The fraction of sp³-hybridized carbons (Fsp3) is 0.108. The molecule has 4 aromatic carbocycles. The quantitative estimate of drug-likeness (QED) is 0.0343. The molecule has 8 nitrogen and oxygen atoms in total. The van der Waals surface area contributed by atoms with Gasteiger partial charge in [-0.2, -0.15) is 10.2 Å². The molecule has 0 spiro atoms. The van der Waals surface area contributed by atoms with Gasteiger partial charge in [-0.1, -0.05) is 84.9 Å². The summed E-state index contributed by atoms with van der Waals surface area (Å²) in [5, 5.41) is 27.7. The van der Waals surface area contributed by atoms with Crippen molar-refractivity contribution in [3.05, 3.63) is 157 Å². The number of hydrogen-bond donors (Lipinski definition) is 2. The Labute approximate surface area is 310 Å². The molecule has 0 bridgehead atoms. The molecule has 0 aliphatic heterocycles. The molecule has 5 aromatic rings. The topological polar surface area (TPSA) is 95.6 Å². The average molecular weight is 752 g/mol. The Bertz CT molecular complexity index is 1750. The van der Waals surface area contributed by atoms with Gasteiger partial charge in [0.15, 0.2) is 6.35 Å². The molecule has 5 rings (SSSR count). The number of pyridine rings is 1. The van der Waals surface area contributed by atoms with Crippen molar-refractivity contribution in [1.82, 2.24) is 15.6 Å². The van der Waals surface area contributed by atoms with Gasteiger partial charge in [0, 0.05) is 37.1 Å². The van der Waals surface area contributed by atoms with E-state index in [0.717, 1.165) is 11.1 Å². The maximum Gasteiger partial charge on any atom is 2.00 e. The van der Waals surface area contributed by atoms with Crippen LogP contribution in [-0.2, 0) is 47.1 Å². The molecule has 0 atom stereocenters. The van der Waals surface area contributed by atoms with Crippen LogP contribution in [-0.4, -0.2) is 53.3 Å². The Morgan fingerprint density at radius 1 is 0.612 bits per heavy atom. The van der Waals surface area contributed by atoms with Crippen molar-refractivity contribution in [2.75, 3.05) is 26.5 Å². The molecule has 1 radical (unpaired) electrons. The molecular weight excluding hydrogens is 717 g/mol. The third-order valence-corrected chi connectivity index (χ3v) is 11.9. The average Bonchev–Trinajstić information content (AvgIpc) is 3.16. The second-order valence-electron chi connectivity index (χ2n) is 10.3. The second-order valence-corrected chi connectivity index (χ2v) is 14.5. The summed E-state index contributed by atoms with van der Waals surface area (Å²) in [6, 6.07) is 45.2. The fourth-order valence-electron chi connectivity index (χ4n) is 5.02. The Kier molecular flexibility index (Phi) is 15.0.